The molecule has 0 saturated heterocycles. The molecule has 0 spiro atoms. The number of hydrogen-bond acceptors (Lipinski definition) is 4. The van der Waals surface area contributed by atoms with Gasteiger partial charge in [0.05, 0.1) is 44.1 Å². The van der Waals surface area contributed by atoms with Crippen molar-refractivity contribution in [1.82, 2.24) is 0 Å². The van der Waals surface area contributed by atoms with Gasteiger partial charge in [-0.05, 0) is 29.3 Å². The Hall–Kier alpha value is -3.08. The fourth-order valence-electron chi connectivity index (χ4n) is 4.14. The summed E-state index contributed by atoms with van der Waals surface area (Å²) in [5, 5.41) is 37.6. The molecule has 0 bridgehead atoms. The molecule has 0 amide bonds. The molecule has 1 aromatic carbocycles. The molecule has 2 unspecified atom stereocenters. The first-order valence-electron chi connectivity index (χ1n) is 8.16. The zero-order valence-corrected chi connectivity index (χ0v) is 14.1. The topological polar surface area (TPSA) is 99.7 Å². The zero-order chi connectivity index (χ0) is 19.1. The molecule has 7 heteroatoms. The summed E-state index contributed by atoms with van der Waals surface area (Å²) < 4.78 is 27.3. The van der Waals surface area contributed by atoms with E-state index < -0.39 is 28.9 Å². The predicted molar refractivity (Wildman–Crippen MR) is 87.8 cm³/mol. The average molecular weight is 352 g/mol. The summed E-state index contributed by atoms with van der Waals surface area (Å²) in [6.45, 7) is 1.19. The molecule has 1 aromatic rings. The first-order chi connectivity index (χ1) is 12.4. The van der Waals surface area contributed by atoms with Crippen molar-refractivity contribution < 1.29 is 13.7 Å². The van der Waals surface area contributed by atoms with Gasteiger partial charge in [0.25, 0.3) is 0 Å². The number of benzene rings is 1. The number of nitrogens with one attached hydrogen (secondary N) is 2. The summed E-state index contributed by atoms with van der Waals surface area (Å²) in [6, 6.07) is 9.20. The minimum Gasteiger partial charge on any atom is -0.334 e. The Morgan fingerprint density at radius 1 is 1.19 bits per heavy atom. The molecule has 5 nitrogen and oxygen atoms in total. The first kappa shape index (κ1) is 17.7. The van der Waals surface area contributed by atoms with Crippen molar-refractivity contribution in [1.29, 1.82) is 21.2 Å². The molecule has 1 saturated carbocycles. The number of fused-ring (bicyclic) bond motifs is 1. The molecule has 0 aromatic heterocycles. The quantitative estimate of drug-likeness (QED) is 0.746. The molecule has 4 atom stereocenters. The van der Waals surface area contributed by atoms with E-state index in [0.717, 1.165) is 17.0 Å². The van der Waals surface area contributed by atoms with Crippen LogP contribution in [0.4, 0.5) is 8.78 Å². The van der Waals surface area contributed by atoms with E-state index in [0.29, 0.717) is 24.2 Å². The van der Waals surface area contributed by atoms with Crippen LogP contribution in [0.5, 0.6) is 0 Å². The fraction of sp³-hybridized carbons (Fsp3) is 0.368. The first-order valence-corrected chi connectivity index (χ1v) is 8.16. The van der Waals surface area contributed by atoms with Crippen LogP contribution in [0, 0.1) is 68.3 Å². The maximum Gasteiger partial charge on any atom is 0.189 e. The van der Waals surface area contributed by atoms with E-state index >= 15 is 0 Å². The molecule has 26 heavy (non-hydrogen) atoms. The minimum absolute atomic E-state index is 0.290. The summed E-state index contributed by atoms with van der Waals surface area (Å²) in [5.41, 5.74) is -1.20. The van der Waals surface area contributed by atoms with Crippen LogP contribution in [-0.4, -0.2) is 25.8 Å². The predicted octanol–water partition coefficient (Wildman–Crippen LogP) is 1.33. The lowest BCUT2D eigenvalue weighted by Crippen LogP contribution is -3.10. The third-order valence-electron chi connectivity index (χ3n) is 5.38. The second-order valence-electron chi connectivity index (χ2n) is 6.83. The van der Waals surface area contributed by atoms with E-state index in [1.54, 1.807) is 0 Å². The normalized spacial score (nSPS) is 29.5. The Morgan fingerprint density at radius 2 is 1.88 bits per heavy atom. The van der Waals surface area contributed by atoms with E-state index in [1.165, 1.54) is 6.07 Å². The van der Waals surface area contributed by atoms with E-state index in [4.69, 9.17) is 5.41 Å². The molecule has 1 heterocycles. The van der Waals surface area contributed by atoms with Gasteiger partial charge >= 0.3 is 0 Å². The monoisotopic (exact) mass is 352 g/mol. The van der Waals surface area contributed by atoms with Crippen LogP contribution in [0.2, 0.25) is 0 Å². The summed E-state index contributed by atoms with van der Waals surface area (Å²) >= 11 is 0. The van der Waals surface area contributed by atoms with Gasteiger partial charge in [0.1, 0.15) is 5.92 Å². The van der Waals surface area contributed by atoms with E-state index in [1.807, 2.05) is 31.3 Å². The molecular weight excluding hydrogens is 336 g/mol. The molecule has 1 aliphatic heterocycles. The molecule has 2 N–H and O–H groups in total. The van der Waals surface area contributed by atoms with Crippen molar-refractivity contribution in [2.24, 2.45) is 17.3 Å². The van der Waals surface area contributed by atoms with Gasteiger partial charge < -0.3 is 10.3 Å². The fourth-order valence-corrected chi connectivity index (χ4v) is 4.14. The summed E-state index contributed by atoms with van der Waals surface area (Å²) in [5.74, 6) is -4.26. The second-order valence-corrected chi connectivity index (χ2v) is 6.83. The lowest BCUT2D eigenvalue weighted by molar-refractivity contribution is -0.878. The van der Waals surface area contributed by atoms with Crippen molar-refractivity contribution in [3.8, 4) is 18.2 Å². The smallest absolute Gasteiger partial charge is 0.189 e. The molecule has 2 aliphatic rings. The minimum atomic E-state index is -1.90. The Labute approximate surface area is 149 Å². The second kappa shape index (κ2) is 6.33. The number of hydrogen-bond donors (Lipinski definition) is 2. The lowest BCUT2D eigenvalue weighted by Gasteiger charge is -2.45. The van der Waals surface area contributed by atoms with E-state index in [2.05, 4.69) is 0 Å². The van der Waals surface area contributed by atoms with Gasteiger partial charge in [0, 0.05) is 11.8 Å². The van der Waals surface area contributed by atoms with Gasteiger partial charge in [0.2, 0.25) is 0 Å². The summed E-state index contributed by atoms with van der Waals surface area (Å²) in [4.78, 5) is 1.11. The van der Waals surface area contributed by atoms with E-state index in [9.17, 15) is 24.6 Å². The molecule has 1 aliphatic carbocycles. The van der Waals surface area contributed by atoms with E-state index in [-0.39, 0.29) is 11.6 Å². The molecule has 130 valence electrons. The van der Waals surface area contributed by atoms with Crippen molar-refractivity contribution >= 4 is 5.71 Å². The van der Waals surface area contributed by atoms with Gasteiger partial charge in [-0.1, -0.05) is 6.07 Å². The Morgan fingerprint density at radius 3 is 2.46 bits per heavy atom. The van der Waals surface area contributed by atoms with Gasteiger partial charge in [-0.2, -0.15) is 15.8 Å². The van der Waals surface area contributed by atoms with Crippen molar-refractivity contribution in [3.05, 3.63) is 47.0 Å². The summed E-state index contributed by atoms with van der Waals surface area (Å²) in [6.07, 6.45) is 1.87. The Bertz CT molecular complexity index is 917. The van der Waals surface area contributed by atoms with Gasteiger partial charge in [-0.3, -0.25) is 0 Å². The average Bonchev–Trinajstić information content (AvgIpc) is 2.63. The van der Waals surface area contributed by atoms with Crippen molar-refractivity contribution in [3.63, 3.8) is 0 Å². The van der Waals surface area contributed by atoms with Crippen LogP contribution in [0.25, 0.3) is 0 Å². The highest BCUT2D eigenvalue weighted by Gasteiger charge is 2.58. The van der Waals surface area contributed by atoms with Crippen molar-refractivity contribution in [2.75, 3.05) is 20.1 Å². The number of nitrogens with zero attached hydrogens (tertiary/aromatic N) is 3. The van der Waals surface area contributed by atoms with Crippen LogP contribution in [0.3, 0.4) is 0 Å². The lowest BCUT2D eigenvalue weighted by atomic mass is 9.54. The SMILES string of the molecule is C[NH+]1CC=C2C(C#N)C(=N)C(C#N)(C#N)[C@@H](c3ccc(F)c(F)c3)[C@H]2C1. The zero-order valence-electron chi connectivity index (χ0n) is 14.1. The van der Waals surface area contributed by atoms with Crippen LogP contribution >= 0.6 is 0 Å². The van der Waals surface area contributed by atoms with Gasteiger partial charge in [-0.25, -0.2) is 8.78 Å². The third kappa shape index (κ3) is 2.39. The molecule has 0 radical (unpaired) electrons. The summed E-state index contributed by atoms with van der Waals surface area (Å²) in [7, 11) is 1.94. The highest BCUT2D eigenvalue weighted by molar-refractivity contribution is 6.00. The number of halogens is 2. The van der Waals surface area contributed by atoms with Crippen LogP contribution in [-0.2, 0) is 0 Å². The molecule has 1 fully saturated rings. The number of quaternary nitrogens is 1. The Balaban J connectivity index is 2.28. The number of rotatable bonds is 1. The van der Waals surface area contributed by atoms with Crippen LogP contribution in [0.15, 0.2) is 29.8 Å². The standard InChI is InChI=1S/C19H15F2N5/c1-26-5-4-12-13(7-22)18(25)19(9-23,10-24)17(14(12)8-26)11-2-3-15(20)16(21)6-11/h2-4,6,13-14,17,25H,5,8H2,1H3/p+1/t13?,14-,17-/m0/s1. The third-order valence-corrected chi connectivity index (χ3v) is 5.38. The van der Waals surface area contributed by atoms with Crippen molar-refractivity contribution in [2.45, 2.75) is 5.92 Å². The highest BCUT2D eigenvalue weighted by atomic mass is 19.2. The van der Waals surface area contributed by atoms with Crippen LogP contribution < -0.4 is 4.90 Å². The number of likely N-dealkylation sites (N-methyl/N-ethyl adjacent to an activating group) is 1. The largest absolute Gasteiger partial charge is 0.334 e. The highest BCUT2D eigenvalue weighted by Crippen LogP contribution is 2.52. The molecule has 3 rings (SSSR count). The maximum atomic E-state index is 13.9. The van der Waals surface area contributed by atoms with Gasteiger partial charge in [0.15, 0.2) is 17.0 Å². The Kier molecular flexibility index (Phi) is 4.32. The number of nitriles is 3. The maximum absolute atomic E-state index is 13.9. The molecular formula is C19H16F2N5+. The van der Waals surface area contributed by atoms with Crippen LogP contribution in [0.1, 0.15) is 11.5 Å². The van der Waals surface area contributed by atoms with Gasteiger partial charge in [-0.15, -0.1) is 0 Å².